The Hall–Kier alpha value is -2.47. The van der Waals surface area contributed by atoms with Crippen molar-refractivity contribution in [2.24, 2.45) is 0 Å². The van der Waals surface area contributed by atoms with Crippen molar-refractivity contribution in [3.63, 3.8) is 0 Å². The van der Waals surface area contributed by atoms with Crippen LogP contribution in [0.2, 0.25) is 0 Å². The molecule has 1 saturated heterocycles. The maximum atomic E-state index is 12.6. The minimum Gasteiger partial charge on any atom is -0.424 e. The number of hydrogen-bond acceptors (Lipinski definition) is 5. The van der Waals surface area contributed by atoms with E-state index in [1.165, 1.54) is 0 Å². The zero-order chi connectivity index (χ0) is 16.2. The number of ether oxygens (including phenoxy) is 1. The summed E-state index contributed by atoms with van der Waals surface area (Å²) in [5.74, 6) is 0.601. The number of carbonyl (C=O) groups is 1. The molecule has 1 aromatic heterocycles. The van der Waals surface area contributed by atoms with Gasteiger partial charge >= 0.3 is 6.01 Å². The molecule has 6 nitrogen and oxygen atoms in total. The van der Waals surface area contributed by atoms with Crippen LogP contribution in [-0.2, 0) is 0 Å². The number of nitrogens with zero attached hydrogens (tertiary/aromatic N) is 4. The molecule has 0 unspecified atom stereocenters. The lowest BCUT2D eigenvalue weighted by molar-refractivity contribution is 0.0664. The fraction of sp³-hybridized carbons (Fsp3) is 0.353. The number of hydrogen-bond donors (Lipinski definition) is 0. The normalized spacial score (nSPS) is 15.5. The highest BCUT2D eigenvalue weighted by Gasteiger charge is 2.20. The van der Waals surface area contributed by atoms with Crippen molar-refractivity contribution in [1.29, 1.82) is 0 Å². The van der Waals surface area contributed by atoms with Crippen LogP contribution in [0, 0.1) is 6.92 Å². The number of rotatable bonds is 3. The van der Waals surface area contributed by atoms with Gasteiger partial charge in [0.1, 0.15) is 5.75 Å². The van der Waals surface area contributed by atoms with Gasteiger partial charge in [-0.1, -0.05) is 6.07 Å². The topological polar surface area (TPSA) is 58.6 Å². The Morgan fingerprint density at radius 1 is 1.17 bits per heavy atom. The molecule has 1 aliphatic heterocycles. The highest BCUT2D eigenvalue weighted by Crippen LogP contribution is 2.20. The SMILES string of the molecule is Cc1ccnc(Oc2cccc(C(=O)N3CCN(C)CC3)c2)n1. The number of aryl methyl sites for hydroxylation is 1. The number of amides is 1. The Morgan fingerprint density at radius 2 is 1.96 bits per heavy atom. The molecule has 0 radical (unpaired) electrons. The van der Waals surface area contributed by atoms with E-state index < -0.39 is 0 Å². The predicted octanol–water partition coefficient (Wildman–Crippen LogP) is 1.96. The first-order valence-corrected chi connectivity index (χ1v) is 7.67. The van der Waals surface area contributed by atoms with Gasteiger partial charge in [0, 0.05) is 43.6 Å². The summed E-state index contributed by atoms with van der Waals surface area (Å²) in [6.45, 7) is 5.18. The van der Waals surface area contributed by atoms with E-state index in [9.17, 15) is 4.79 Å². The molecule has 1 aliphatic rings. The molecule has 0 atom stereocenters. The monoisotopic (exact) mass is 312 g/mol. The molecule has 0 spiro atoms. The van der Waals surface area contributed by atoms with Crippen LogP contribution in [0.1, 0.15) is 16.1 Å². The number of piperazine rings is 1. The molecule has 1 aromatic carbocycles. The van der Waals surface area contributed by atoms with Crippen molar-refractivity contribution in [3.8, 4) is 11.8 Å². The van der Waals surface area contributed by atoms with Gasteiger partial charge < -0.3 is 14.5 Å². The zero-order valence-corrected chi connectivity index (χ0v) is 13.4. The van der Waals surface area contributed by atoms with Gasteiger partial charge in [-0.05, 0) is 38.2 Å². The van der Waals surface area contributed by atoms with E-state index >= 15 is 0 Å². The lowest BCUT2D eigenvalue weighted by atomic mass is 10.1. The lowest BCUT2D eigenvalue weighted by Gasteiger charge is -2.32. The quantitative estimate of drug-likeness (QED) is 0.867. The summed E-state index contributed by atoms with van der Waals surface area (Å²) in [5.41, 5.74) is 1.46. The smallest absolute Gasteiger partial charge is 0.322 e. The molecule has 0 saturated carbocycles. The van der Waals surface area contributed by atoms with Crippen molar-refractivity contribution in [3.05, 3.63) is 47.8 Å². The predicted molar refractivity (Wildman–Crippen MR) is 86.7 cm³/mol. The molecule has 3 rings (SSSR count). The summed E-state index contributed by atoms with van der Waals surface area (Å²) < 4.78 is 5.65. The van der Waals surface area contributed by atoms with E-state index in [-0.39, 0.29) is 11.9 Å². The molecule has 1 amide bonds. The van der Waals surface area contributed by atoms with Crippen LogP contribution in [0.4, 0.5) is 0 Å². The summed E-state index contributed by atoms with van der Waals surface area (Å²) in [6.07, 6.45) is 1.65. The highest BCUT2D eigenvalue weighted by atomic mass is 16.5. The third kappa shape index (κ3) is 3.84. The van der Waals surface area contributed by atoms with Crippen LogP contribution < -0.4 is 4.74 Å². The molecule has 6 heteroatoms. The lowest BCUT2D eigenvalue weighted by Crippen LogP contribution is -2.47. The first kappa shape index (κ1) is 15.4. The first-order chi connectivity index (χ1) is 11.1. The van der Waals surface area contributed by atoms with Crippen molar-refractivity contribution in [2.75, 3.05) is 33.2 Å². The van der Waals surface area contributed by atoms with Crippen LogP contribution in [0.5, 0.6) is 11.8 Å². The molecule has 0 N–H and O–H groups in total. The van der Waals surface area contributed by atoms with Gasteiger partial charge in [0.25, 0.3) is 5.91 Å². The van der Waals surface area contributed by atoms with E-state index in [2.05, 4.69) is 21.9 Å². The first-order valence-electron chi connectivity index (χ1n) is 7.67. The molecule has 0 aliphatic carbocycles. The minimum atomic E-state index is 0.0358. The second kappa shape index (κ2) is 6.75. The summed E-state index contributed by atoms with van der Waals surface area (Å²) in [4.78, 5) is 25.0. The summed E-state index contributed by atoms with van der Waals surface area (Å²) >= 11 is 0. The van der Waals surface area contributed by atoms with E-state index in [1.54, 1.807) is 24.4 Å². The average Bonchev–Trinajstić information content (AvgIpc) is 2.55. The molecule has 2 heterocycles. The van der Waals surface area contributed by atoms with E-state index in [1.807, 2.05) is 24.0 Å². The standard InChI is InChI=1S/C17H20N4O2/c1-13-6-7-18-17(19-13)23-15-5-3-4-14(12-15)16(22)21-10-8-20(2)9-11-21/h3-7,12H,8-11H2,1-2H3. The van der Waals surface area contributed by atoms with Crippen LogP contribution in [0.25, 0.3) is 0 Å². The van der Waals surface area contributed by atoms with Crippen molar-refractivity contribution in [2.45, 2.75) is 6.92 Å². The highest BCUT2D eigenvalue weighted by molar-refractivity contribution is 5.94. The zero-order valence-electron chi connectivity index (χ0n) is 13.4. The Morgan fingerprint density at radius 3 is 2.70 bits per heavy atom. The molecular formula is C17H20N4O2. The van der Waals surface area contributed by atoms with E-state index in [0.717, 1.165) is 31.9 Å². The van der Waals surface area contributed by atoms with Crippen LogP contribution >= 0.6 is 0 Å². The maximum absolute atomic E-state index is 12.6. The molecule has 1 fully saturated rings. The Labute approximate surface area is 135 Å². The van der Waals surface area contributed by atoms with Crippen molar-refractivity contribution < 1.29 is 9.53 Å². The number of aromatic nitrogens is 2. The molecule has 23 heavy (non-hydrogen) atoms. The van der Waals surface area contributed by atoms with Crippen LogP contribution in [-0.4, -0.2) is 58.9 Å². The number of likely N-dealkylation sites (N-methyl/N-ethyl adjacent to an activating group) is 1. The molecular weight excluding hydrogens is 292 g/mol. The average molecular weight is 312 g/mol. The van der Waals surface area contributed by atoms with Crippen molar-refractivity contribution >= 4 is 5.91 Å². The molecule has 0 bridgehead atoms. The van der Waals surface area contributed by atoms with Gasteiger partial charge in [0.15, 0.2) is 0 Å². The Bertz CT molecular complexity index is 696. The summed E-state index contributed by atoms with van der Waals surface area (Å²) in [5, 5.41) is 0. The summed E-state index contributed by atoms with van der Waals surface area (Å²) in [6, 6.07) is 9.26. The van der Waals surface area contributed by atoms with Gasteiger partial charge in [0.2, 0.25) is 0 Å². The number of benzene rings is 1. The Kier molecular flexibility index (Phi) is 4.52. The van der Waals surface area contributed by atoms with Gasteiger partial charge in [-0.3, -0.25) is 4.79 Å². The third-order valence-corrected chi connectivity index (χ3v) is 3.85. The Balaban J connectivity index is 1.73. The van der Waals surface area contributed by atoms with Gasteiger partial charge in [-0.2, -0.15) is 0 Å². The fourth-order valence-electron chi connectivity index (χ4n) is 2.47. The second-order valence-electron chi connectivity index (χ2n) is 5.71. The van der Waals surface area contributed by atoms with E-state index in [0.29, 0.717) is 11.3 Å². The fourth-order valence-corrected chi connectivity index (χ4v) is 2.47. The van der Waals surface area contributed by atoms with E-state index in [4.69, 9.17) is 4.74 Å². The maximum Gasteiger partial charge on any atom is 0.322 e. The van der Waals surface area contributed by atoms with Crippen LogP contribution in [0.15, 0.2) is 36.5 Å². The molecule has 2 aromatic rings. The summed E-state index contributed by atoms with van der Waals surface area (Å²) in [7, 11) is 2.07. The second-order valence-corrected chi connectivity index (χ2v) is 5.71. The number of carbonyl (C=O) groups excluding carboxylic acids is 1. The van der Waals surface area contributed by atoms with Gasteiger partial charge in [0.05, 0.1) is 0 Å². The van der Waals surface area contributed by atoms with Gasteiger partial charge in [-0.25, -0.2) is 9.97 Å². The third-order valence-electron chi connectivity index (χ3n) is 3.85. The van der Waals surface area contributed by atoms with Crippen molar-refractivity contribution in [1.82, 2.24) is 19.8 Å². The minimum absolute atomic E-state index is 0.0358. The molecule has 120 valence electrons. The van der Waals surface area contributed by atoms with Gasteiger partial charge in [-0.15, -0.1) is 0 Å². The van der Waals surface area contributed by atoms with Crippen LogP contribution in [0.3, 0.4) is 0 Å². The largest absolute Gasteiger partial charge is 0.424 e.